The molecule has 1 amide bonds. The summed E-state index contributed by atoms with van der Waals surface area (Å²) in [6.07, 6.45) is -0.864. The number of hydrogen-bond acceptors (Lipinski definition) is 4. The number of nitrogens with one attached hydrogen (secondary N) is 1. The second-order valence-electron chi connectivity index (χ2n) is 5.48. The number of carbonyl (C=O) groups excluding carboxylic acids is 2. The molecule has 0 aliphatic heterocycles. The molecule has 0 aliphatic rings. The maximum absolute atomic E-state index is 12.0. The largest absolute Gasteiger partial charge is 0.497 e. The van der Waals surface area contributed by atoms with Gasteiger partial charge in [-0.25, -0.2) is 4.79 Å². The summed E-state index contributed by atoms with van der Waals surface area (Å²) in [4.78, 5) is 24.0. The van der Waals surface area contributed by atoms with Gasteiger partial charge in [-0.1, -0.05) is 29.8 Å². The maximum atomic E-state index is 12.0. The molecule has 2 rings (SSSR count). The highest BCUT2D eigenvalue weighted by Gasteiger charge is 2.18. The Morgan fingerprint density at radius 2 is 1.67 bits per heavy atom. The number of esters is 1. The molecule has 0 spiro atoms. The third-order valence-electron chi connectivity index (χ3n) is 3.57. The predicted octanol–water partition coefficient (Wildman–Crippen LogP) is 2.87. The van der Waals surface area contributed by atoms with Gasteiger partial charge in [0.05, 0.1) is 12.7 Å². The minimum absolute atomic E-state index is 0.341. The smallest absolute Gasteiger partial charge is 0.338 e. The summed E-state index contributed by atoms with van der Waals surface area (Å²) in [5.74, 6) is -0.0983. The van der Waals surface area contributed by atoms with Gasteiger partial charge in [-0.2, -0.15) is 0 Å². The van der Waals surface area contributed by atoms with E-state index in [-0.39, 0.29) is 5.91 Å². The Morgan fingerprint density at radius 1 is 1.04 bits per heavy atom. The lowest BCUT2D eigenvalue weighted by Crippen LogP contribution is -2.35. The van der Waals surface area contributed by atoms with Crippen LogP contribution in [0.3, 0.4) is 0 Å². The van der Waals surface area contributed by atoms with Crippen LogP contribution < -0.4 is 10.1 Å². The van der Waals surface area contributed by atoms with Crippen LogP contribution in [0.2, 0.25) is 0 Å². The van der Waals surface area contributed by atoms with Gasteiger partial charge >= 0.3 is 5.97 Å². The van der Waals surface area contributed by atoms with Crippen molar-refractivity contribution in [2.45, 2.75) is 26.5 Å². The first-order valence-corrected chi connectivity index (χ1v) is 7.68. The van der Waals surface area contributed by atoms with E-state index in [9.17, 15) is 9.59 Å². The summed E-state index contributed by atoms with van der Waals surface area (Å²) in [6.45, 7) is 3.84. The molecular weight excluding hydrogens is 306 g/mol. The van der Waals surface area contributed by atoms with Gasteiger partial charge in [0.25, 0.3) is 5.91 Å². The Morgan fingerprint density at radius 3 is 2.25 bits per heavy atom. The standard InChI is InChI=1S/C19H21NO4/c1-13-4-8-16(9-5-13)19(22)24-14(2)18(21)20-12-15-6-10-17(23-3)11-7-15/h4-11,14H,12H2,1-3H3,(H,20,21)/t14-/m1/s1. The van der Waals surface area contributed by atoms with Crippen LogP contribution in [-0.2, 0) is 16.1 Å². The second kappa shape index (κ2) is 8.15. The normalized spacial score (nSPS) is 11.5. The van der Waals surface area contributed by atoms with Gasteiger partial charge in [0, 0.05) is 6.54 Å². The van der Waals surface area contributed by atoms with Crippen LogP contribution in [0, 0.1) is 6.92 Å². The molecule has 126 valence electrons. The molecule has 0 unspecified atom stereocenters. The van der Waals surface area contributed by atoms with Crippen molar-refractivity contribution in [1.82, 2.24) is 5.32 Å². The van der Waals surface area contributed by atoms with E-state index in [0.29, 0.717) is 12.1 Å². The van der Waals surface area contributed by atoms with Gasteiger partial charge < -0.3 is 14.8 Å². The summed E-state index contributed by atoms with van der Waals surface area (Å²) in [6, 6.07) is 14.4. The number of carbonyl (C=O) groups is 2. The molecule has 0 saturated carbocycles. The van der Waals surface area contributed by atoms with Crippen LogP contribution in [0.1, 0.15) is 28.4 Å². The lowest BCUT2D eigenvalue weighted by Gasteiger charge is -2.14. The van der Waals surface area contributed by atoms with Gasteiger partial charge in [0.2, 0.25) is 0 Å². The summed E-state index contributed by atoms with van der Waals surface area (Å²) < 4.78 is 10.3. The number of rotatable bonds is 6. The summed E-state index contributed by atoms with van der Waals surface area (Å²) in [7, 11) is 1.60. The van der Waals surface area contributed by atoms with Crippen molar-refractivity contribution in [2.75, 3.05) is 7.11 Å². The van der Waals surface area contributed by atoms with Crippen LogP contribution in [0.5, 0.6) is 5.75 Å². The molecule has 1 atom stereocenters. The first kappa shape index (κ1) is 17.5. The van der Waals surface area contributed by atoms with E-state index in [1.807, 2.05) is 43.3 Å². The van der Waals surface area contributed by atoms with Gasteiger partial charge in [-0.05, 0) is 43.7 Å². The van der Waals surface area contributed by atoms with E-state index in [1.165, 1.54) is 0 Å². The lowest BCUT2D eigenvalue weighted by molar-refractivity contribution is -0.129. The van der Waals surface area contributed by atoms with Crippen molar-refractivity contribution in [1.29, 1.82) is 0 Å². The average molecular weight is 327 g/mol. The molecule has 5 heteroatoms. The first-order chi connectivity index (χ1) is 11.5. The summed E-state index contributed by atoms with van der Waals surface area (Å²) >= 11 is 0. The Balaban J connectivity index is 1.84. The average Bonchev–Trinajstić information content (AvgIpc) is 2.60. The lowest BCUT2D eigenvalue weighted by atomic mass is 10.1. The number of ether oxygens (including phenoxy) is 2. The molecule has 5 nitrogen and oxygen atoms in total. The Kier molecular flexibility index (Phi) is 5.95. The van der Waals surface area contributed by atoms with Crippen molar-refractivity contribution < 1.29 is 19.1 Å². The van der Waals surface area contributed by atoms with Crippen molar-refractivity contribution in [2.24, 2.45) is 0 Å². The van der Waals surface area contributed by atoms with Gasteiger partial charge in [-0.15, -0.1) is 0 Å². The minimum Gasteiger partial charge on any atom is -0.497 e. The van der Waals surface area contributed by atoms with E-state index < -0.39 is 12.1 Å². The van der Waals surface area contributed by atoms with E-state index in [1.54, 1.807) is 26.2 Å². The minimum atomic E-state index is -0.864. The molecule has 0 aromatic heterocycles. The predicted molar refractivity (Wildman–Crippen MR) is 90.9 cm³/mol. The van der Waals surface area contributed by atoms with Crippen LogP contribution >= 0.6 is 0 Å². The van der Waals surface area contributed by atoms with Crippen molar-refractivity contribution >= 4 is 11.9 Å². The van der Waals surface area contributed by atoms with E-state index in [2.05, 4.69) is 5.32 Å². The fraction of sp³-hybridized carbons (Fsp3) is 0.263. The topological polar surface area (TPSA) is 64.6 Å². The van der Waals surface area contributed by atoms with Crippen molar-refractivity contribution in [3.8, 4) is 5.75 Å². The van der Waals surface area contributed by atoms with Crippen molar-refractivity contribution in [3.05, 3.63) is 65.2 Å². The Labute approximate surface area is 141 Å². The molecule has 1 N–H and O–H groups in total. The molecule has 0 radical (unpaired) electrons. The number of hydrogen-bond donors (Lipinski definition) is 1. The Bertz CT molecular complexity index is 692. The van der Waals surface area contributed by atoms with E-state index in [0.717, 1.165) is 16.9 Å². The Hall–Kier alpha value is -2.82. The molecule has 24 heavy (non-hydrogen) atoms. The van der Waals surface area contributed by atoms with Gasteiger partial charge in [0.1, 0.15) is 5.75 Å². The molecule has 2 aromatic rings. The van der Waals surface area contributed by atoms with Crippen LogP contribution in [-0.4, -0.2) is 25.1 Å². The maximum Gasteiger partial charge on any atom is 0.338 e. The fourth-order valence-corrected chi connectivity index (χ4v) is 2.05. The highest BCUT2D eigenvalue weighted by Crippen LogP contribution is 2.11. The summed E-state index contributed by atoms with van der Waals surface area (Å²) in [5.41, 5.74) is 2.41. The molecule has 0 heterocycles. The van der Waals surface area contributed by atoms with Gasteiger partial charge in [-0.3, -0.25) is 4.79 Å². The molecule has 0 fully saturated rings. The van der Waals surface area contributed by atoms with Crippen LogP contribution in [0.25, 0.3) is 0 Å². The zero-order chi connectivity index (χ0) is 17.5. The molecule has 0 saturated heterocycles. The third kappa shape index (κ3) is 4.84. The number of benzene rings is 2. The van der Waals surface area contributed by atoms with E-state index in [4.69, 9.17) is 9.47 Å². The van der Waals surface area contributed by atoms with Gasteiger partial charge in [0.15, 0.2) is 6.10 Å². The fourth-order valence-electron chi connectivity index (χ4n) is 2.05. The first-order valence-electron chi connectivity index (χ1n) is 7.68. The third-order valence-corrected chi connectivity index (χ3v) is 3.57. The number of aryl methyl sites for hydroxylation is 1. The van der Waals surface area contributed by atoms with Crippen LogP contribution in [0.4, 0.5) is 0 Å². The van der Waals surface area contributed by atoms with Crippen molar-refractivity contribution in [3.63, 3.8) is 0 Å². The number of methoxy groups -OCH3 is 1. The monoisotopic (exact) mass is 327 g/mol. The molecule has 0 bridgehead atoms. The zero-order valence-electron chi connectivity index (χ0n) is 14.0. The van der Waals surface area contributed by atoms with Crippen LogP contribution in [0.15, 0.2) is 48.5 Å². The highest BCUT2D eigenvalue weighted by molar-refractivity contribution is 5.92. The molecule has 2 aromatic carbocycles. The zero-order valence-corrected chi connectivity index (χ0v) is 14.0. The molecule has 0 aliphatic carbocycles. The quantitative estimate of drug-likeness (QED) is 0.829. The SMILES string of the molecule is COc1ccc(CNC(=O)[C@@H](C)OC(=O)c2ccc(C)cc2)cc1. The summed E-state index contributed by atoms with van der Waals surface area (Å²) in [5, 5.41) is 2.75. The highest BCUT2D eigenvalue weighted by atomic mass is 16.5. The number of amides is 1. The van der Waals surface area contributed by atoms with E-state index >= 15 is 0 Å². The molecular formula is C19H21NO4. The second-order valence-corrected chi connectivity index (χ2v) is 5.48.